The Hall–Kier alpha value is -4.87. The molecular weight excluding hydrogens is 484 g/mol. The maximum absolute atomic E-state index is 14.8. The van der Waals surface area contributed by atoms with Crippen molar-refractivity contribution in [1.29, 1.82) is 0 Å². The smallest absolute Gasteiger partial charge is 0.323 e. The average Bonchev–Trinajstić information content (AvgIpc) is 3.32. The summed E-state index contributed by atoms with van der Waals surface area (Å²) in [6, 6.07) is 6.34. The van der Waals surface area contributed by atoms with E-state index in [4.69, 9.17) is 10.5 Å². The largest absolute Gasteiger partial charge is 0.454 e. The second-order valence-corrected chi connectivity index (χ2v) is 8.35. The van der Waals surface area contributed by atoms with Crippen LogP contribution in [0.2, 0.25) is 0 Å². The first-order valence-electron chi connectivity index (χ1n) is 11.2. The molecule has 10 nitrogen and oxygen atoms in total. The van der Waals surface area contributed by atoms with Crippen LogP contribution in [0.15, 0.2) is 61.3 Å². The van der Waals surface area contributed by atoms with E-state index >= 15 is 0 Å². The first-order valence-corrected chi connectivity index (χ1v) is 11.2. The molecule has 0 saturated carbocycles. The minimum atomic E-state index is -1.29. The molecule has 4 aromatic rings. The van der Waals surface area contributed by atoms with Gasteiger partial charge < -0.3 is 21.1 Å². The Bertz CT molecular complexity index is 1460. The van der Waals surface area contributed by atoms with Gasteiger partial charge in [0.15, 0.2) is 11.6 Å². The molecular formula is C25H23F2N7O3. The van der Waals surface area contributed by atoms with Crippen LogP contribution < -0.4 is 21.1 Å². The zero-order valence-corrected chi connectivity index (χ0v) is 19.9. The van der Waals surface area contributed by atoms with E-state index in [1.54, 1.807) is 18.5 Å². The Labute approximate surface area is 210 Å². The number of halogens is 2. The molecule has 0 saturated heterocycles. The second-order valence-electron chi connectivity index (χ2n) is 8.35. The van der Waals surface area contributed by atoms with E-state index in [9.17, 15) is 18.4 Å². The summed E-state index contributed by atoms with van der Waals surface area (Å²) in [4.78, 5) is 31.7. The number of benzene rings is 1. The maximum Gasteiger partial charge on any atom is 0.323 e. The van der Waals surface area contributed by atoms with Gasteiger partial charge in [-0.3, -0.25) is 19.4 Å². The Morgan fingerprint density at radius 1 is 1.08 bits per heavy atom. The third kappa shape index (κ3) is 6.23. The molecule has 37 heavy (non-hydrogen) atoms. The normalized spacial score (nSPS) is 10.8. The molecule has 12 heteroatoms. The molecule has 3 aromatic heterocycles. The lowest BCUT2D eigenvalue weighted by Crippen LogP contribution is -2.20. The first kappa shape index (κ1) is 25.2. The molecule has 190 valence electrons. The molecule has 0 spiro atoms. The third-order valence-electron chi connectivity index (χ3n) is 5.19. The van der Waals surface area contributed by atoms with E-state index in [-0.39, 0.29) is 29.6 Å². The second kappa shape index (κ2) is 10.8. The Balaban J connectivity index is 1.46. The minimum absolute atomic E-state index is 0.0969. The fourth-order valence-electron chi connectivity index (χ4n) is 3.34. The van der Waals surface area contributed by atoms with E-state index in [1.807, 2.05) is 13.8 Å². The lowest BCUT2D eigenvalue weighted by Gasteiger charge is -2.12. The van der Waals surface area contributed by atoms with Gasteiger partial charge in [0.1, 0.15) is 12.3 Å². The van der Waals surface area contributed by atoms with Crippen LogP contribution in [0.5, 0.6) is 11.5 Å². The quantitative estimate of drug-likeness (QED) is 0.317. The molecule has 0 fully saturated rings. The summed E-state index contributed by atoms with van der Waals surface area (Å²) in [6.45, 7) is 3.87. The molecule has 0 aliphatic rings. The average molecular weight is 508 g/mol. The van der Waals surface area contributed by atoms with Crippen molar-refractivity contribution < 1.29 is 23.1 Å². The number of nitrogens with two attached hydrogens (primary N) is 1. The number of nitrogens with zero attached hydrogens (tertiary/aromatic N) is 4. The third-order valence-corrected chi connectivity index (χ3v) is 5.19. The molecule has 4 N–H and O–H groups in total. The number of carbonyl (C=O) groups excluding carboxylic acids is 2. The van der Waals surface area contributed by atoms with Crippen LogP contribution in [0.4, 0.5) is 25.0 Å². The zero-order chi connectivity index (χ0) is 26.5. The van der Waals surface area contributed by atoms with Crippen molar-refractivity contribution >= 4 is 23.3 Å². The van der Waals surface area contributed by atoms with Gasteiger partial charge in [-0.2, -0.15) is 9.49 Å². The first-order chi connectivity index (χ1) is 17.7. The summed E-state index contributed by atoms with van der Waals surface area (Å²) < 4.78 is 36.3. The van der Waals surface area contributed by atoms with Crippen LogP contribution in [0.25, 0.3) is 11.3 Å². The summed E-state index contributed by atoms with van der Waals surface area (Å²) in [5, 5.41) is 8.86. The number of urea groups is 1. The highest BCUT2D eigenvalue weighted by molar-refractivity contribution is 5.99. The van der Waals surface area contributed by atoms with E-state index in [2.05, 4.69) is 25.7 Å². The number of aromatic nitrogens is 4. The Kier molecular flexibility index (Phi) is 7.37. The lowest BCUT2D eigenvalue weighted by atomic mass is 10.1. The van der Waals surface area contributed by atoms with E-state index in [0.717, 1.165) is 5.56 Å². The summed E-state index contributed by atoms with van der Waals surface area (Å²) in [5.41, 5.74) is 7.12. The van der Waals surface area contributed by atoms with Gasteiger partial charge in [0.2, 0.25) is 11.7 Å². The fourth-order valence-corrected chi connectivity index (χ4v) is 3.34. The predicted octanol–water partition coefficient (Wildman–Crippen LogP) is 4.66. The lowest BCUT2D eigenvalue weighted by molar-refractivity contribution is -0.118. The number of amides is 3. The standard InChI is InChI=1S/C25H23F2N7O3/c1-14(2)15-7-17(11-29-9-15)32-25(36)33-19-3-4-21(24(27)23(19)26)37-18-5-6-30-20(8-18)16-10-31-34(12-16)13-22(28)35/h3-12,14H,13H2,1-2H3,(H2,28,35)(H2,32,33,36). The van der Waals surface area contributed by atoms with Gasteiger partial charge in [0, 0.05) is 30.2 Å². The van der Waals surface area contributed by atoms with E-state index in [1.165, 1.54) is 47.5 Å². The number of ether oxygens (including phenoxy) is 1. The highest BCUT2D eigenvalue weighted by Crippen LogP contribution is 2.31. The Morgan fingerprint density at radius 2 is 1.89 bits per heavy atom. The molecule has 0 aliphatic carbocycles. The molecule has 0 atom stereocenters. The fraction of sp³-hybridized carbons (Fsp3) is 0.160. The van der Waals surface area contributed by atoms with Gasteiger partial charge in [-0.05, 0) is 35.7 Å². The summed E-state index contributed by atoms with van der Waals surface area (Å²) >= 11 is 0. The van der Waals surface area contributed by atoms with Gasteiger partial charge in [-0.15, -0.1) is 0 Å². The monoisotopic (exact) mass is 507 g/mol. The van der Waals surface area contributed by atoms with Crippen LogP contribution in [0.3, 0.4) is 0 Å². The van der Waals surface area contributed by atoms with Crippen molar-refractivity contribution in [3.8, 4) is 22.8 Å². The van der Waals surface area contributed by atoms with Gasteiger partial charge in [0.05, 0.1) is 29.5 Å². The van der Waals surface area contributed by atoms with Crippen LogP contribution in [0, 0.1) is 11.6 Å². The van der Waals surface area contributed by atoms with E-state index in [0.29, 0.717) is 16.9 Å². The van der Waals surface area contributed by atoms with Crippen molar-refractivity contribution in [1.82, 2.24) is 19.7 Å². The van der Waals surface area contributed by atoms with Crippen LogP contribution in [0.1, 0.15) is 25.3 Å². The number of hydrogen-bond acceptors (Lipinski definition) is 6. The predicted molar refractivity (Wildman–Crippen MR) is 132 cm³/mol. The number of nitrogens with one attached hydrogen (secondary N) is 2. The van der Waals surface area contributed by atoms with Crippen molar-refractivity contribution in [3.63, 3.8) is 0 Å². The molecule has 3 amide bonds. The number of carbonyl (C=O) groups is 2. The van der Waals surface area contributed by atoms with Crippen LogP contribution in [-0.4, -0.2) is 31.7 Å². The number of primary amides is 1. The van der Waals surface area contributed by atoms with Gasteiger partial charge in [-0.25, -0.2) is 9.18 Å². The molecule has 0 radical (unpaired) electrons. The van der Waals surface area contributed by atoms with Crippen molar-refractivity contribution in [2.75, 3.05) is 10.6 Å². The van der Waals surface area contributed by atoms with Gasteiger partial charge in [-0.1, -0.05) is 13.8 Å². The highest BCUT2D eigenvalue weighted by atomic mass is 19.2. The maximum atomic E-state index is 14.8. The minimum Gasteiger partial charge on any atom is -0.454 e. The molecule has 4 rings (SSSR count). The summed E-state index contributed by atoms with van der Waals surface area (Å²) in [5.74, 6) is -3.13. The van der Waals surface area contributed by atoms with Crippen molar-refractivity contribution in [3.05, 3.63) is 78.5 Å². The topological polar surface area (TPSA) is 137 Å². The van der Waals surface area contributed by atoms with Crippen LogP contribution in [-0.2, 0) is 11.3 Å². The van der Waals surface area contributed by atoms with E-state index < -0.39 is 23.6 Å². The number of hydrogen-bond donors (Lipinski definition) is 3. The molecule has 0 aliphatic heterocycles. The van der Waals surface area contributed by atoms with Crippen molar-refractivity contribution in [2.24, 2.45) is 5.73 Å². The van der Waals surface area contributed by atoms with Gasteiger partial charge >= 0.3 is 6.03 Å². The number of pyridine rings is 2. The zero-order valence-electron chi connectivity index (χ0n) is 19.9. The number of rotatable bonds is 8. The summed E-state index contributed by atoms with van der Waals surface area (Å²) in [7, 11) is 0. The van der Waals surface area contributed by atoms with Gasteiger partial charge in [0.25, 0.3) is 0 Å². The highest BCUT2D eigenvalue weighted by Gasteiger charge is 2.18. The summed E-state index contributed by atoms with van der Waals surface area (Å²) in [6.07, 6.45) is 7.61. The molecule has 0 bridgehead atoms. The SMILES string of the molecule is CC(C)c1cncc(NC(=O)Nc2ccc(Oc3ccnc(-c4cnn(CC(N)=O)c4)c3)c(F)c2F)c1. The number of anilines is 2. The van der Waals surface area contributed by atoms with Crippen LogP contribution >= 0.6 is 0 Å². The molecule has 0 unspecified atom stereocenters. The molecule has 3 heterocycles. The molecule has 1 aromatic carbocycles. The van der Waals surface area contributed by atoms with Crippen molar-refractivity contribution in [2.45, 2.75) is 26.3 Å². The Morgan fingerprint density at radius 3 is 2.65 bits per heavy atom.